The molecule has 0 heterocycles. The first-order valence-corrected chi connectivity index (χ1v) is 24.4. The normalized spacial score (nSPS) is 22.9. The van der Waals surface area contributed by atoms with Crippen LogP contribution in [0.25, 0.3) is 0 Å². The maximum absolute atomic E-state index is 12.8. The molecule has 1 aliphatic rings. The van der Waals surface area contributed by atoms with Crippen molar-refractivity contribution in [1.82, 2.24) is 0 Å². The Balaban J connectivity index is 2.38. The maximum Gasteiger partial charge on any atom is 0.472 e. The summed E-state index contributed by atoms with van der Waals surface area (Å²) < 4.78 is 34.2. The smallest absolute Gasteiger partial charge is 0.457 e. The molecule has 13 heteroatoms. The maximum atomic E-state index is 12.8. The fourth-order valence-corrected chi connectivity index (χ4v) is 8.27. The molecule has 6 atom stereocenters. The summed E-state index contributed by atoms with van der Waals surface area (Å²) in [5, 5.41) is 50.1. The van der Waals surface area contributed by atoms with Crippen molar-refractivity contribution < 1.29 is 58.3 Å². The third-order valence-corrected chi connectivity index (χ3v) is 12.0. The molecule has 6 N–H and O–H groups in total. The van der Waals surface area contributed by atoms with Crippen LogP contribution in [0.4, 0.5) is 0 Å². The number of phosphoric acid groups is 1. The zero-order chi connectivity index (χ0) is 41.3. The van der Waals surface area contributed by atoms with Gasteiger partial charge in [-0.2, -0.15) is 0 Å². The predicted molar refractivity (Wildman–Crippen MR) is 221 cm³/mol. The molecule has 6 unspecified atom stereocenters. The molecule has 0 saturated heterocycles. The molecule has 1 rings (SSSR count). The third kappa shape index (κ3) is 27.2. The Kier molecular flexibility index (Phi) is 33.5. The van der Waals surface area contributed by atoms with Gasteiger partial charge in [0.2, 0.25) is 0 Å². The summed E-state index contributed by atoms with van der Waals surface area (Å²) in [4.78, 5) is 23.1. The van der Waals surface area contributed by atoms with Crippen molar-refractivity contribution in [3.05, 3.63) is 0 Å². The van der Waals surface area contributed by atoms with E-state index in [2.05, 4.69) is 13.8 Å². The van der Waals surface area contributed by atoms with Gasteiger partial charge in [0.25, 0.3) is 0 Å². The van der Waals surface area contributed by atoms with Crippen LogP contribution in [0, 0.1) is 0 Å². The number of phosphoric ester groups is 1. The van der Waals surface area contributed by atoms with E-state index in [9.17, 15) is 39.8 Å². The molecule has 0 aromatic heterocycles. The van der Waals surface area contributed by atoms with E-state index >= 15 is 0 Å². The monoisotopic (exact) mass is 825 g/mol. The van der Waals surface area contributed by atoms with Crippen LogP contribution in [0.15, 0.2) is 0 Å². The SMILES string of the molecule is CCCCCCCCCCCCCCCCCCOCC(COP(=O)(O)OC1C(O)C(O)C(O)C(O)C1O)OC(=O)CCCCCCCCCCCCCCC. The fourth-order valence-electron chi connectivity index (χ4n) is 7.30. The van der Waals surface area contributed by atoms with E-state index in [1.54, 1.807) is 0 Å². The molecule has 12 nitrogen and oxygen atoms in total. The topological polar surface area (TPSA) is 192 Å². The van der Waals surface area contributed by atoms with E-state index < -0.39 is 63.1 Å². The van der Waals surface area contributed by atoms with Gasteiger partial charge in [0, 0.05) is 13.0 Å². The quantitative estimate of drug-likeness (QED) is 0.0196. The van der Waals surface area contributed by atoms with Crippen molar-refractivity contribution in [2.75, 3.05) is 19.8 Å². The van der Waals surface area contributed by atoms with Crippen molar-refractivity contribution in [2.45, 2.75) is 249 Å². The Morgan fingerprint density at radius 1 is 0.500 bits per heavy atom. The minimum Gasteiger partial charge on any atom is -0.457 e. The molecule has 0 spiro atoms. The molecule has 1 saturated carbocycles. The van der Waals surface area contributed by atoms with Crippen LogP contribution in [0.2, 0.25) is 0 Å². The van der Waals surface area contributed by atoms with Gasteiger partial charge in [0.05, 0.1) is 13.2 Å². The van der Waals surface area contributed by atoms with Gasteiger partial charge in [0.15, 0.2) is 0 Å². The first kappa shape index (κ1) is 53.4. The van der Waals surface area contributed by atoms with Gasteiger partial charge in [0.1, 0.15) is 42.7 Å². The highest BCUT2D eigenvalue weighted by Gasteiger charge is 2.51. The van der Waals surface area contributed by atoms with Crippen molar-refractivity contribution in [2.24, 2.45) is 0 Å². The third-order valence-electron chi connectivity index (χ3n) is 11.0. The number of hydrogen-bond acceptors (Lipinski definition) is 11. The highest BCUT2D eigenvalue weighted by molar-refractivity contribution is 7.47. The van der Waals surface area contributed by atoms with E-state index in [4.69, 9.17) is 18.5 Å². The van der Waals surface area contributed by atoms with Crippen LogP contribution >= 0.6 is 7.82 Å². The Morgan fingerprint density at radius 2 is 0.839 bits per heavy atom. The van der Waals surface area contributed by atoms with Crippen molar-refractivity contribution >= 4 is 13.8 Å². The second-order valence-corrected chi connectivity index (χ2v) is 17.7. The molecule has 0 aromatic rings. The molecular formula is C43H85O12P. The number of ether oxygens (including phenoxy) is 2. The van der Waals surface area contributed by atoms with E-state index in [1.807, 2.05) is 0 Å². The van der Waals surface area contributed by atoms with Gasteiger partial charge in [-0.3, -0.25) is 13.8 Å². The lowest BCUT2D eigenvalue weighted by Crippen LogP contribution is -2.64. The average Bonchev–Trinajstić information content (AvgIpc) is 3.18. The van der Waals surface area contributed by atoms with Gasteiger partial charge < -0.3 is 39.9 Å². The highest BCUT2D eigenvalue weighted by atomic mass is 31.2. The van der Waals surface area contributed by atoms with Gasteiger partial charge in [-0.05, 0) is 12.8 Å². The molecular weight excluding hydrogens is 739 g/mol. The zero-order valence-electron chi connectivity index (χ0n) is 35.5. The lowest BCUT2D eigenvalue weighted by atomic mass is 9.85. The number of hydrogen-bond donors (Lipinski definition) is 6. The molecule has 0 amide bonds. The standard InChI is InChI=1S/C43H85O12P/c1-3-5-7-9-11-13-15-17-18-19-21-23-25-27-29-31-33-52-34-36(35-53-56(50,51)55-43-41(48)39(46)38(45)40(47)42(43)49)54-37(44)32-30-28-26-24-22-20-16-14-12-10-8-6-4-2/h36,38-43,45-49H,3-35H2,1-2H3,(H,50,51). The van der Waals surface area contributed by atoms with Crippen LogP contribution in [0.1, 0.15) is 206 Å². The lowest BCUT2D eigenvalue weighted by Gasteiger charge is -2.41. The number of aliphatic hydroxyl groups is 5. The van der Waals surface area contributed by atoms with Crippen LogP contribution in [-0.4, -0.2) is 98.9 Å². The predicted octanol–water partition coefficient (Wildman–Crippen LogP) is 8.98. The number of rotatable bonds is 39. The van der Waals surface area contributed by atoms with Crippen molar-refractivity contribution in [3.63, 3.8) is 0 Å². The van der Waals surface area contributed by atoms with Crippen LogP contribution < -0.4 is 0 Å². The first-order valence-electron chi connectivity index (χ1n) is 22.9. The number of carbonyl (C=O) groups excluding carboxylic acids is 1. The number of unbranched alkanes of at least 4 members (excludes halogenated alkanes) is 27. The minimum atomic E-state index is -5.01. The Bertz CT molecular complexity index is 942. The highest BCUT2D eigenvalue weighted by Crippen LogP contribution is 2.47. The molecule has 0 bridgehead atoms. The summed E-state index contributed by atoms with van der Waals surface area (Å²) in [7, 11) is -5.01. The van der Waals surface area contributed by atoms with Gasteiger partial charge in [-0.25, -0.2) is 4.57 Å². The second kappa shape index (κ2) is 35.1. The Labute approximate surface area is 340 Å². The summed E-state index contributed by atoms with van der Waals surface area (Å²) in [5.74, 6) is -0.472. The largest absolute Gasteiger partial charge is 0.472 e. The van der Waals surface area contributed by atoms with Gasteiger partial charge in [-0.1, -0.05) is 187 Å². The summed E-state index contributed by atoms with van der Waals surface area (Å²) >= 11 is 0. The molecule has 1 aliphatic carbocycles. The van der Waals surface area contributed by atoms with Crippen LogP contribution in [0.5, 0.6) is 0 Å². The number of esters is 1. The molecule has 0 aliphatic heterocycles. The van der Waals surface area contributed by atoms with E-state index in [0.29, 0.717) is 13.0 Å². The molecule has 1 fully saturated rings. The van der Waals surface area contributed by atoms with Crippen molar-refractivity contribution in [1.29, 1.82) is 0 Å². The summed E-state index contributed by atoms with van der Waals surface area (Å²) in [6.45, 7) is 4.28. The van der Waals surface area contributed by atoms with Gasteiger partial charge in [-0.15, -0.1) is 0 Å². The minimum absolute atomic E-state index is 0.0681. The zero-order valence-corrected chi connectivity index (χ0v) is 36.4. The fraction of sp³-hybridized carbons (Fsp3) is 0.977. The van der Waals surface area contributed by atoms with Crippen LogP contribution in [0.3, 0.4) is 0 Å². The molecule has 0 radical (unpaired) electrons. The summed E-state index contributed by atoms with van der Waals surface area (Å²) in [5.41, 5.74) is 0. The molecule has 334 valence electrons. The Morgan fingerprint density at radius 3 is 1.23 bits per heavy atom. The lowest BCUT2D eigenvalue weighted by molar-refractivity contribution is -0.220. The average molecular weight is 825 g/mol. The number of aliphatic hydroxyl groups excluding tert-OH is 5. The molecule has 56 heavy (non-hydrogen) atoms. The van der Waals surface area contributed by atoms with E-state index in [-0.39, 0.29) is 13.0 Å². The van der Waals surface area contributed by atoms with E-state index in [0.717, 1.165) is 38.5 Å². The summed E-state index contributed by atoms with van der Waals surface area (Å²) in [6, 6.07) is 0. The first-order chi connectivity index (χ1) is 27.0. The van der Waals surface area contributed by atoms with Crippen LogP contribution in [-0.2, 0) is 27.9 Å². The summed E-state index contributed by atoms with van der Waals surface area (Å²) in [6.07, 6.45) is 23.1. The second-order valence-electron chi connectivity index (χ2n) is 16.3. The van der Waals surface area contributed by atoms with E-state index in [1.165, 1.54) is 141 Å². The van der Waals surface area contributed by atoms with Gasteiger partial charge >= 0.3 is 13.8 Å². The molecule has 0 aromatic carbocycles. The Hall–Kier alpha value is -0.660. The number of carbonyl (C=O) groups is 1. The van der Waals surface area contributed by atoms with Crippen molar-refractivity contribution in [3.8, 4) is 0 Å².